The van der Waals surface area contributed by atoms with E-state index in [1.54, 1.807) is 19.3 Å². The molecule has 0 bridgehead atoms. The van der Waals surface area contributed by atoms with Crippen LogP contribution in [0.1, 0.15) is 27.8 Å². The Kier molecular flexibility index (Phi) is 8.46. The molecule has 5 aromatic rings. The molecule has 1 amide bonds. The molecular formula is C29H23ClF3N7O5. The fourth-order valence-corrected chi connectivity index (χ4v) is 4.76. The molecule has 0 radical (unpaired) electrons. The molecule has 5 rings (SSSR count). The van der Waals surface area contributed by atoms with Gasteiger partial charge in [0.05, 0.1) is 36.4 Å². The first-order chi connectivity index (χ1) is 21.3. The number of carboxylic acids is 1. The lowest BCUT2D eigenvalue weighted by molar-refractivity contribution is -0.141. The molecule has 0 aliphatic rings. The predicted molar refractivity (Wildman–Crippen MR) is 156 cm³/mol. The van der Waals surface area contributed by atoms with E-state index in [-0.39, 0.29) is 39.6 Å². The van der Waals surface area contributed by atoms with Gasteiger partial charge in [0.1, 0.15) is 11.8 Å². The Bertz CT molecular complexity index is 1950. The maximum Gasteiger partial charge on any atom is 0.436 e. The molecule has 0 aliphatic heterocycles. The number of halogens is 4. The van der Waals surface area contributed by atoms with E-state index in [0.29, 0.717) is 17.6 Å². The second-order valence-corrected chi connectivity index (χ2v) is 10.2. The van der Waals surface area contributed by atoms with Gasteiger partial charge in [-0.2, -0.15) is 18.3 Å². The summed E-state index contributed by atoms with van der Waals surface area (Å²) in [5.41, 5.74) is -0.538. The highest BCUT2D eigenvalue weighted by molar-refractivity contribution is 6.31. The average molecular weight is 642 g/mol. The van der Waals surface area contributed by atoms with Crippen LogP contribution < -0.4 is 15.6 Å². The predicted octanol–water partition coefficient (Wildman–Crippen LogP) is 4.63. The van der Waals surface area contributed by atoms with Crippen LogP contribution in [0, 0.1) is 0 Å². The first-order valence-electron chi connectivity index (χ1n) is 13.1. The minimum absolute atomic E-state index is 0.0100. The Hall–Kier alpha value is -5.44. The Labute approximate surface area is 257 Å². The fourth-order valence-electron chi connectivity index (χ4n) is 4.59. The molecule has 0 spiro atoms. The molecule has 2 aromatic carbocycles. The van der Waals surface area contributed by atoms with Crippen molar-refractivity contribution in [3.8, 4) is 22.6 Å². The maximum absolute atomic E-state index is 13.7. The highest BCUT2D eigenvalue weighted by Gasteiger charge is 2.35. The molecule has 3 heterocycles. The van der Waals surface area contributed by atoms with Crippen molar-refractivity contribution >= 4 is 29.2 Å². The van der Waals surface area contributed by atoms with Gasteiger partial charge in [0, 0.05) is 47.6 Å². The van der Waals surface area contributed by atoms with Gasteiger partial charge in [0.15, 0.2) is 5.69 Å². The Morgan fingerprint density at radius 1 is 1.07 bits per heavy atom. The minimum Gasteiger partial charge on any atom is -0.495 e. The van der Waals surface area contributed by atoms with E-state index < -0.39 is 35.3 Å². The highest BCUT2D eigenvalue weighted by atomic mass is 35.5. The van der Waals surface area contributed by atoms with Crippen LogP contribution in [0.2, 0.25) is 5.02 Å². The van der Waals surface area contributed by atoms with E-state index in [1.807, 2.05) is 0 Å². The number of hydrogen-bond donors (Lipinski definition) is 2. The molecule has 0 saturated carbocycles. The van der Waals surface area contributed by atoms with Gasteiger partial charge >= 0.3 is 12.1 Å². The second kappa shape index (κ2) is 12.3. The molecule has 12 nitrogen and oxygen atoms in total. The summed E-state index contributed by atoms with van der Waals surface area (Å²) in [5.74, 6) is -1.64. The number of methoxy groups -OCH3 is 1. The van der Waals surface area contributed by atoms with Gasteiger partial charge in [-0.25, -0.2) is 9.48 Å². The third kappa shape index (κ3) is 6.72. The van der Waals surface area contributed by atoms with Crippen molar-refractivity contribution in [3.05, 3.63) is 106 Å². The van der Waals surface area contributed by atoms with Crippen LogP contribution in [-0.2, 0) is 24.4 Å². The van der Waals surface area contributed by atoms with E-state index >= 15 is 0 Å². The summed E-state index contributed by atoms with van der Waals surface area (Å²) in [6.07, 6.45) is -1.05. The van der Waals surface area contributed by atoms with E-state index in [4.69, 9.17) is 21.4 Å². The lowest BCUT2D eigenvalue weighted by Crippen LogP contribution is -2.34. The summed E-state index contributed by atoms with van der Waals surface area (Å²) >= 11 is 6.24. The number of rotatable bonds is 9. The Morgan fingerprint density at radius 2 is 1.80 bits per heavy atom. The molecular weight excluding hydrogens is 619 g/mol. The number of aromatic carboxylic acids is 1. The van der Waals surface area contributed by atoms with Gasteiger partial charge in [-0.05, 0) is 48.5 Å². The zero-order valence-electron chi connectivity index (χ0n) is 23.5. The summed E-state index contributed by atoms with van der Waals surface area (Å²) in [6, 6.07) is 11.5. The molecule has 2 N–H and O–H groups in total. The number of pyridine rings is 1. The van der Waals surface area contributed by atoms with Gasteiger partial charge < -0.3 is 15.2 Å². The number of amides is 1. The number of anilines is 1. The lowest BCUT2D eigenvalue weighted by Gasteiger charge is -2.21. The molecule has 16 heteroatoms. The van der Waals surface area contributed by atoms with Gasteiger partial charge in [0.25, 0.3) is 5.56 Å². The van der Waals surface area contributed by atoms with Crippen molar-refractivity contribution in [3.63, 3.8) is 0 Å². The number of aromatic nitrogens is 6. The van der Waals surface area contributed by atoms with Crippen LogP contribution >= 0.6 is 11.6 Å². The molecule has 1 atom stereocenters. The van der Waals surface area contributed by atoms with E-state index in [0.717, 1.165) is 9.25 Å². The fraction of sp³-hybridized carbons (Fsp3) is 0.172. The monoisotopic (exact) mass is 641 g/mol. The number of benzene rings is 2. The standard InChI is InChI=1S/C29H23ClF3N7O5/c1-38-10-9-19(36-38)12-23(27(42)34-18-6-3-16(4-7-18)28(43)44)39-14-24(45-2)21(13-26(39)41)20-11-17(30)5-8-22(20)40-15-25(35-37-40)29(31,32)33/h3-11,13-15,23H,12H2,1-2H3,(H,34,42)(H,43,44). The summed E-state index contributed by atoms with van der Waals surface area (Å²) in [7, 11) is 3.02. The number of ether oxygens (including phenoxy) is 1. The smallest absolute Gasteiger partial charge is 0.436 e. The summed E-state index contributed by atoms with van der Waals surface area (Å²) in [6.45, 7) is 0. The maximum atomic E-state index is 13.7. The first-order valence-corrected chi connectivity index (χ1v) is 13.4. The van der Waals surface area contributed by atoms with Crippen molar-refractivity contribution in [1.82, 2.24) is 29.3 Å². The number of carbonyl (C=O) groups is 2. The zero-order valence-corrected chi connectivity index (χ0v) is 24.2. The third-order valence-corrected chi connectivity index (χ3v) is 6.99. The quantitative estimate of drug-likeness (QED) is 0.237. The number of carbonyl (C=O) groups excluding carboxylic acids is 1. The van der Waals surface area contributed by atoms with Crippen molar-refractivity contribution in [1.29, 1.82) is 0 Å². The molecule has 1 unspecified atom stereocenters. The Balaban J connectivity index is 1.58. The van der Waals surface area contributed by atoms with Crippen molar-refractivity contribution in [2.24, 2.45) is 7.05 Å². The van der Waals surface area contributed by atoms with Gasteiger partial charge in [-0.15, -0.1) is 5.10 Å². The average Bonchev–Trinajstić information content (AvgIpc) is 3.65. The number of carboxylic acid groups (broad SMARTS) is 1. The largest absolute Gasteiger partial charge is 0.495 e. The second-order valence-electron chi connectivity index (χ2n) is 9.78. The van der Waals surface area contributed by atoms with Crippen LogP contribution in [0.4, 0.5) is 18.9 Å². The number of hydrogen-bond acceptors (Lipinski definition) is 7. The van der Waals surface area contributed by atoms with Crippen LogP contribution in [0.5, 0.6) is 5.75 Å². The summed E-state index contributed by atoms with van der Waals surface area (Å²) < 4.78 is 48.9. The zero-order chi connectivity index (χ0) is 32.5. The number of nitrogens with zero attached hydrogens (tertiary/aromatic N) is 6. The topological polar surface area (TPSA) is 146 Å². The molecule has 232 valence electrons. The summed E-state index contributed by atoms with van der Waals surface area (Å²) in [4.78, 5) is 38.5. The molecule has 0 aliphatic carbocycles. The number of nitrogens with one attached hydrogen (secondary N) is 1. The van der Waals surface area contributed by atoms with E-state index in [1.165, 1.54) is 66.5 Å². The molecule has 0 fully saturated rings. The number of aryl methyl sites for hydroxylation is 1. The van der Waals surface area contributed by atoms with Crippen LogP contribution in [0.15, 0.2) is 78.0 Å². The van der Waals surface area contributed by atoms with Crippen molar-refractivity contribution in [2.45, 2.75) is 18.6 Å². The van der Waals surface area contributed by atoms with Crippen molar-refractivity contribution in [2.75, 3.05) is 12.4 Å². The summed E-state index contributed by atoms with van der Waals surface area (Å²) in [5, 5.41) is 23.2. The SMILES string of the molecule is COc1cn(C(Cc2ccn(C)n2)C(=O)Nc2ccc(C(=O)O)cc2)c(=O)cc1-c1cc(Cl)ccc1-n1cc(C(F)(F)F)nn1. The van der Waals surface area contributed by atoms with Gasteiger partial charge in [0.2, 0.25) is 5.91 Å². The minimum atomic E-state index is -4.73. The van der Waals surface area contributed by atoms with Crippen LogP contribution in [0.3, 0.4) is 0 Å². The van der Waals surface area contributed by atoms with Gasteiger partial charge in [-0.1, -0.05) is 16.8 Å². The highest BCUT2D eigenvalue weighted by Crippen LogP contribution is 2.36. The van der Waals surface area contributed by atoms with E-state index in [2.05, 4.69) is 20.7 Å². The third-order valence-electron chi connectivity index (χ3n) is 6.75. The molecule has 3 aromatic heterocycles. The molecule has 0 saturated heterocycles. The number of alkyl halides is 3. The van der Waals surface area contributed by atoms with E-state index in [9.17, 15) is 27.6 Å². The lowest BCUT2D eigenvalue weighted by atomic mass is 10.0. The van der Waals surface area contributed by atoms with Crippen LogP contribution in [0.25, 0.3) is 16.8 Å². The molecule has 45 heavy (non-hydrogen) atoms. The van der Waals surface area contributed by atoms with Crippen LogP contribution in [-0.4, -0.2) is 53.4 Å². The normalized spacial score (nSPS) is 12.1. The van der Waals surface area contributed by atoms with Gasteiger partial charge in [-0.3, -0.25) is 18.8 Å². The first kappa shape index (κ1) is 31.0. The Morgan fingerprint density at radius 3 is 2.40 bits per heavy atom. The van der Waals surface area contributed by atoms with Crippen molar-refractivity contribution < 1.29 is 32.6 Å².